The van der Waals surface area contributed by atoms with E-state index in [0.717, 1.165) is 30.9 Å². The molecule has 2 aromatic heterocycles. The average Bonchev–Trinajstić information content (AvgIpc) is 3.40. The lowest BCUT2D eigenvalue weighted by atomic mass is 10.1. The molecule has 3 aromatic rings. The van der Waals surface area contributed by atoms with E-state index in [9.17, 15) is 4.79 Å². The Hall–Kier alpha value is -3.06. The predicted octanol–water partition coefficient (Wildman–Crippen LogP) is 2.08. The van der Waals surface area contributed by atoms with Crippen LogP contribution in [0.25, 0.3) is 5.69 Å². The molecule has 7 nitrogen and oxygen atoms in total. The lowest BCUT2D eigenvalue weighted by Gasteiger charge is -2.13. The summed E-state index contributed by atoms with van der Waals surface area (Å²) in [4.78, 5) is 23.6. The molecule has 144 valence electrons. The van der Waals surface area contributed by atoms with Crippen LogP contribution in [0.3, 0.4) is 0 Å². The second-order valence-electron chi connectivity index (χ2n) is 6.94. The molecule has 1 aromatic carbocycles. The second-order valence-corrected chi connectivity index (χ2v) is 6.94. The van der Waals surface area contributed by atoms with Gasteiger partial charge in [0.1, 0.15) is 5.82 Å². The number of benzene rings is 1. The van der Waals surface area contributed by atoms with Crippen LogP contribution in [-0.4, -0.2) is 56.7 Å². The number of carbonyl (C=O) groups excluding carboxylic acids is 1. The minimum atomic E-state index is -0.240. The Morgan fingerprint density at radius 1 is 1.07 bits per heavy atom. The van der Waals surface area contributed by atoms with Crippen LogP contribution in [0.15, 0.2) is 54.9 Å². The number of nitrogens with one attached hydrogen (secondary N) is 1. The van der Waals surface area contributed by atoms with Crippen LogP contribution < -0.4 is 5.32 Å². The van der Waals surface area contributed by atoms with Gasteiger partial charge in [0.15, 0.2) is 0 Å². The molecule has 1 amide bonds. The highest BCUT2D eigenvalue weighted by molar-refractivity contribution is 5.90. The second kappa shape index (κ2) is 8.75. The minimum Gasteiger partial charge on any atom is -0.348 e. The van der Waals surface area contributed by atoms with E-state index in [-0.39, 0.29) is 11.7 Å². The molecule has 0 spiro atoms. The van der Waals surface area contributed by atoms with Gasteiger partial charge in [0.05, 0.1) is 11.9 Å². The van der Waals surface area contributed by atoms with Crippen molar-refractivity contribution in [3.05, 3.63) is 72.1 Å². The molecule has 1 fully saturated rings. The van der Waals surface area contributed by atoms with E-state index >= 15 is 0 Å². The molecule has 0 radical (unpaired) electrons. The summed E-state index contributed by atoms with van der Waals surface area (Å²) in [5.74, 6) is 0.663. The molecule has 4 rings (SSSR count). The molecule has 0 bridgehead atoms. The quantitative estimate of drug-likeness (QED) is 0.683. The maximum absolute atomic E-state index is 12.6. The van der Waals surface area contributed by atoms with Gasteiger partial charge in [0.2, 0.25) is 5.82 Å². The van der Waals surface area contributed by atoms with Crippen LogP contribution in [-0.2, 0) is 6.42 Å². The normalized spacial score (nSPS) is 14.3. The molecule has 28 heavy (non-hydrogen) atoms. The first-order valence-corrected chi connectivity index (χ1v) is 9.70. The van der Waals surface area contributed by atoms with Crippen molar-refractivity contribution in [3.8, 4) is 5.69 Å². The number of hydrogen-bond acceptors (Lipinski definition) is 5. The van der Waals surface area contributed by atoms with Crippen LogP contribution in [0, 0.1) is 0 Å². The molecule has 0 saturated carbocycles. The first-order valence-electron chi connectivity index (χ1n) is 9.70. The highest BCUT2D eigenvalue weighted by atomic mass is 16.2. The monoisotopic (exact) mass is 376 g/mol. The first-order chi connectivity index (χ1) is 13.8. The summed E-state index contributed by atoms with van der Waals surface area (Å²) in [5, 5.41) is 7.41. The van der Waals surface area contributed by atoms with Gasteiger partial charge in [-0.15, -0.1) is 5.10 Å². The van der Waals surface area contributed by atoms with Gasteiger partial charge in [-0.3, -0.25) is 9.78 Å². The van der Waals surface area contributed by atoms with Gasteiger partial charge < -0.3 is 10.2 Å². The average molecular weight is 376 g/mol. The Morgan fingerprint density at radius 2 is 1.89 bits per heavy atom. The van der Waals surface area contributed by atoms with Crippen molar-refractivity contribution in [1.29, 1.82) is 0 Å². The van der Waals surface area contributed by atoms with Gasteiger partial charge in [-0.25, -0.2) is 9.67 Å². The van der Waals surface area contributed by atoms with Crippen LogP contribution >= 0.6 is 0 Å². The molecule has 0 unspecified atom stereocenters. The Labute approximate surface area is 164 Å². The number of hydrogen-bond donors (Lipinski definition) is 1. The Balaban J connectivity index is 1.51. The highest BCUT2D eigenvalue weighted by Gasteiger charge is 2.18. The smallest absolute Gasteiger partial charge is 0.291 e. The Morgan fingerprint density at radius 3 is 2.64 bits per heavy atom. The van der Waals surface area contributed by atoms with Crippen molar-refractivity contribution in [2.75, 3.05) is 26.2 Å². The molecule has 1 aliphatic heterocycles. The van der Waals surface area contributed by atoms with Crippen LogP contribution in [0.1, 0.15) is 34.8 Å². The van der Waals surface area contributed by atoms with Crippen molar-refractivity contribution in [2.45, 2.75) is 19.3 Å². The van der Waals surface area contributed by atoms with Crippen molar-refractivity contribution in [2.24, 2.45) is 0 Å². The van der Waals surface area contributed by atoms with Gasteiger partial charge in [0, 0.05) is 25.7 Å². The SMILES string of the molecule is O=C(NCCN1CCCC1)c1nc(Cc2ccccc2)n(-c2cccnc2)n1. The molecule has 1 saturated heterocycles. The Kier molecular flexibility index (Phi) is 5.72. The van der Waals surface area contributed by atoms with Crippen molar-refractivity contribution >= 4 is 5.91 Å². The standard InChI is InChI=1S/C21H24N6O/c28-21(23-11-14-26-12-4-5-13-26)20-24-19(15-17-7-2-1-3-8-17)27(25-20)18-9-6-10-22-16-18/h1-3,6-10,16H,4-5,11-15H2,(H,23,28). The molecular weight excluding hydrogens is 352 g/mol. The van der Waals surface area contributed by atoms with Gasteiger partial charge in [0.25, 0.3) is 5.91 Å². The van der Waals surface area contributed by atoms with E-state index in [2.05, 4.69) is 25.3 Å². The van der Waals surface area contributed by atoms with E-state index in [1.807, 2.05) is 42.5 Å². The van der Waals surface area contributed by atoms with Gasteiger partial charge in [-0.1, -0.05) is 30.3 Å². The summed E-state index contributed by atoms with van der Waals surface area (Å²) in [6.07, 6.45) is 6.51. The number of likely N-dealkylation sites (tertiary alicyclic amines) is 1. The Bertz CT molecular complexity index is 903. The fourth-order valence-corrected chi connectivity index (χ4v) is 3.43. The minimum absolute atomic E-state index is 0.191. The van der Waals surface area contributed by atoms with E-state index in [0.29, 0.717) is 18.8 Å². The zero-order valence-electron chi connectivity index (χ0n) is 15.8. The van der Waals surface area contributed by atoms with Gasteiger partial charge in [-0.2, -0.15) is 0 Å². The van der Waals surface area contributed by atoms with E-state index in [4.69, 9.17) is 0 Å². The largest absolute Gasteiger partial charge is 0.348 e. The summed E-state index contributed by atoms with van der Waals surface area (Å²) < 4.78 is 1.70. The summed E-state index contributed by atoms with van der Waals surface area (Å²) in [7, 11) is 0. The van der Waals surface area contributed by atoms with E-state index < -0.39 is 0 Å². The summed E-state index contributed by atoms with van der Waals surface area (Å²) in [6.45, 7) is 3.70. The van der Waals surface area contributed by atoms with Gasteiger partial charge >= 0.3 is 0 Å². The summed E-state index contributed by atoms with van der Waals surface area (Å²) in [5.41, 5.74) is 1.90. The number of aromatic nitrogens is 4. The fourth-order valence-electron chi connectivity index (χ4n) is 3.43. The topological polar surface area (TPSA) is 75.9 Å². The lowest BCUT2D eigenvalue weighted by molar-refractivity contribution is 0.0939. The molecule has 0 atom stereocenters. The molecule has 3 heterocycles. The van der Waals surface area contributed by atoms with E-state index in [1.165, 1.54) is 12.8 Å². The molecule has 1 aliphatic rings. The fraction of sp³-hybridized carbons (Fsp3) is 0.333. The van der Waals surface area contributed by atoms with E-state index in [1.54, 1.807) is 17.1 Å². The maximum Gasteiger partial charge on any atom is 0.291 e. The number of nitrogens with zero attached hydrogens (tertiary/aromatic N) is 5. The zero-order chi connectivity index (χ0) is 19.2. The number of amides is 1. The number of carbonyl (C=O) groups is 1. The van der Waals surface area contributed by atoms with Gasteiger partial charge in [-0.05, 0) is 43.6 Å². The zero-order valence-corrected chi connectivity index (χ0v) is 15.8. The lowest BCUT2D eigenvalue weighted by Crippen LogP contribution is -2.34. The summed E-state index contributed by atoms with van der Waals surface area (Å²) in [6, 6.07) is 13.8. The molecule has 1 N–H and O–H groups in total. The number of rotatable bonds is 7. The third-order valence-corrected chi connectivity index (χ3v) is 4.89. The highest BCUT2D eigenvalue weighted by Crippen LogP contribution is 2.13. The molecule has 7 heteroatoms. The predicted molar refractivity (Wildman–Crippen MR) is 106 cm³/mol. The molecular formula is C21H24N6O. The van der Waals surface area contributed by atoms with Crippen molar-refractivity contribution in [3.63, 3.8) is 0 Å². The van der Waals surface area contributed by atoms with Crippen molar-refractivity contribution < 1.29 is 4.79 Å². The number of pyridine rings is 1. The van der Waals surface area contributed by atoms with Crippen LogP contribution in [0.2, 0.25) is 0 Å². The first kappa shape index (κ1) is 18.3. The van der Waals surface area contributed by atoms with Crippen LogP contribution in [0.5, 0.6) is 0 Å². The third-order valence-electron chi connectivity index (χ3n) is 4.89. The summed E-state index contributed by atoms with van der Waals surface area (Å²) >= 11 is 0. The van der Waals surface area contributed by atoms with Crippen LogP contribution in [0.4, 0.5) is 0 Å². The maximum atomic E-state index is 12.6. The van der Waals surface area contributed by atoms with Crippen molar-refractivity contribution in [1.82, 2.24) is 30.0 Å². The third kappa shape index (κ3) is 4.43. The molecule has 0 aliphatic carbocycles.